The minimum absolute atomic E-state index is 0.0571. The smallest absolute Gasteiger partial charge is 0.302 e. The van der Waals surface area contributed by atoms with Gasteiger partial charge >= 0.3 is 5.97 Å². The molecule has 0 saturated heterocycles. The lowest BCUT2D eigenvalue weighted by Gasteiger charge is -2.38. The van der Waals surface area contributed by atoms with Crippen molar-refractivity contribution in [1.82, 2.24) is 0 Å². The highest BCUT2D eigenvalue weighted by Crippen LogP contribution is 2.49. The monoisotopic (exact) mass is 297 g/mol. The van der Waals surface area contributed by atoms with Crippen molar-refractivity contribution in [3.8, 4) is 0 Å². The van der Waals surface area contributed by atoms with Gasteiger partial charge in [-0.25, -0.2) is 0 Å². The zero-order chi connectivity index (χ0) is 15.1. The minimum atomic E-state index is -1.64. The van der Waals surface area contributed by atoms with Crippen molar-refractivity contribution in [2.24, 2.45) is 17.8 Å². The molecule has 0 heterocycles. The van der Waals surface area contributed by atoms with Crippen LogP contribution in [-0.4, -0.2) is 27.0 Å². The summed E-state index contributed by atoms with van der Waals surface area (Å²) in [6.07, 6.45) is 4.62. The molecule has 2 aliphatic carbocycles. The van der Waals surface area contributed by atoms with Gasteiger partial charge in [0.2, 0.25) is 0 Å². The highest BCUT2D eigenvalue weighted by molar-refractivity contribution is 6.74. The van der Waals surface area contributed by atoms with Crippen molar-refractivity contribution in [1.29, 1.82) is 0 Å². The first-order chi connectivity index (χ1) is 9.10. The van der Waals surface area contributed by atoms with Crippen molar-refractivity contribution in [2.45, 2.75) is 64.8 Å². The normalized spacial score (nSPS) is 33.5. The number of hydrogen-bond donors (Lipinski definition) is 0. The first-order valence-corrected chi connectivity index (χ1v) is 10.7. The van der Waals surface area contributed by atoms with Crippen molar-refractivity contribution < 1.29 is 14.0 Å². The van der Waals surface area contributed by atoms with Gasteiger partial charge in [-0.1, -0.05) is 20.8 Å². The van der Waals surface area contributed by atoms with Gasteiger partial charge in [0.05, 0.1) is 0 Å². The van der Waals surface area contributed by atoms with Gasteiger partial charge in [0, 0.05) is 20.0 Å². The molecule has 0 aliphatic heterocycles. The van der Waals surface area contributed by atoms with E-state index in [4.69, 9.17) is 9.16 Å². The highest BCUT2D eigenvalue weighted by atomic mass is 28.4. The van der Waals surface area contributed by atoms with Crippen LogP contribution in [0.1, 0.15) is 40.5 Å². The van der Waals surface area contributed by atoms with Gasteiger partial charge in [-0.3, -0.25) is 4.79 Å². The van der Waals surface area contributed by atoms with Crippen LogP contribution in [0.4, 0.5) is 0 Å². The van der Waals surface area contributed by atoms with E-state index in [0.717, 1.165) is 13.0 Å². The molecule has 2 fully saturated rings. The first kappa shape index (κ1) is 16.0. The second-order valence-corrected chi connectivity index (χ2v) is 12.8. The zero-order valence-corrected chi connectivity index (χ0v) is 14.7. The number of esters is 1. The molecule has 0 aromatic heterocycles. The lowest BCUT2D eigenvalue weighted by atomic mass is 9.88. The third-order valence-electron chi connectivity index (χ3n) is 5.45. The molecule has 0 N–H and O–H groups in total. The fourth-order valence-corrected chi connectivity index (χ4v) is 4.22. The average molecular weight is 297 g/mol. The zero-order valence-electron chi connectivity index (χ0n) is 13.7. The van der Waals surface area contributed by atoms with E-state index in [2.05, 4.69) is 40.3 Å². The molecule has 0 aromatic rings. The first-order valence-electron chi connectivity index (χ1n) is 7.76. The predicted molar refractivity (Wildman–Crippen MR) is 82.7 cm³/mol. The van der Waals surface area contributed by atoms with Crippen molar-refractivity contribution in [3.05, 3.63) is 6.42 Å². The van der Waals surface area contributed by atoms with Crippen LogP contribution < -0.4 is 0 Å². The van der Waals surface area contributed by atoms with Gasteiger partial charge < -0.3 is 9.16 Å². The molecule has 20 heavy (non-hydrogen) atoms. The summed E-state index contributed by atoms with van der Waals surface area (Å²) in [6, 6.07) is 0. The Morgan fingerprint density at radius 2 is 1.95 bits per heavy atom. The summed E-state index contributed by atoms with van der Waals surface area (Å²) in [7, 11) is -1.64. The van der Waals surface area contributed by atoms with E-state index in [1.807, 2.05) is 0 Å². The number of ether oxygens (including phenoxy) is 1. The van der Waals surface area contributed by atoms with Gasteiger partial charge in [-0.2, -0.15) is 0 Å². The second kappa shape index (κ2) is 5.45. The molecule has 0 amide bonds. The Balaban J connectivity index is 1.83. The fraction of sp³-hybridized carbons (Fsp3) is 0.875. The van der Waals surface area contributed by atoms with Gasteiger partial charge in [0.25, 0.3) is 0 Å². The quantitative estimate of drug-likeness (QED) is 0.585. The predicted octanol–water partition coefficient (Wildman–Crippen LogP) is 3.80. The number of fused-ring (bicyclic) bond motifs is 2. The summed E-state index contributed by atoms with van der Waals surface area (Å²) in [4.78, 5) is 11.1. The Labute approximate surface area is 124 Å². The summed E-state index contributed by atoms with van der Waals surface area (Å²) < 4.78 is 11.7. The van der Waals surface area contributed by atoms with Crippen LogP contribution in [0.3, 0.4) is 0 Å². The van der Waals surface area contributed by atoms with Gasteiger partial charge in [-0.15, -0.1) is 0 Å². The van der Waals surface area contributed by atoms with Crippen LogP contribution in [0.2, 0.25) is 18.1 Å². The number of carbonyl (C=O) groups excluding carboxylic acids is 1. The molecule has 2 saturated carbocycles. The van der Waals surface area contributed by atoms with Crippen molar-refractivity contribution in [2.75, 3.05) is 6.61 Å². The summed E-state index contributed by atoms with van der Waals surface area (Å²) in [6.45, 7) is 13.8. The molecule has 115 valence electrons. The molecule has 3 nitrogen and oxygen atoms in total. The lowest BCUT2D eigenvalue weighted by molar-refractivity contribution is -0.146. The van der Waals surface area contributed by atoms with Crippen molar-refractivity contribution in [3.63, 3.8) is 0 Å². The van der Waals surface area contributed by atoms with Gasteiger partial charge in [-0.05, 0) is 48.7 Å². The topological polar surface area (TPSA) is 35.5 Å². The Bertz CT molecular complexity index is 372. The van der Waals surface area contributed by atoms with Gasteiger partial charge in [0.1, 0.15) is 6.10 Å². The summed E-state index contributed by atoms with van der Waals surface area (Å²) >= 11 is 0. The number of rotatable bonds is 4. The third kappa shape index (κ3) is 3.27. The average Bonchev–Trinajstić information content (AvgIpc) is 2.83. The van der Waals surface area contributed by atoms with E-state index in [9.17, 15) is 4.79 Å². The number of carbonyl (C=O) groups is 1. The Kier molecular flexibility index (Phi) is 4.37. The van der Waals surface area contributed by atoms with E-state index in [-0.39, 0.29) is 17.1 Å². The maximum Gasteiger partial charge on any atom is 0.302 e. The second-order valence-electron chi connectivity index (χ2n) is 7.99. The van der Waals surface area contributed by atoms with Crippen LogP contribution in [0.25, 0.3) is 0 Å². The van der Waals surface area contributed by atoms with Crippen LogP contribution in [-0.2, 0) is 14.0 Å². The largest absolute Gasteiger partial charge is 0.462 e. The van der Waals surface area contributed by atoms with E-state index >= 15 is 0 Å². The maximum atomic E-state index is 11.1. The summed E-state index contributed by atoms with van der Waals surface area (Å²) in [5.74, 6) is 1.57. The summed E-state index contributed by atoms with van der Waals surface area (Å²) in [5.41, 5.74) is 0. The molecule has 1 radical (unpaired) electrons. The van der Waals surface area contributed by atoms with E-state index in [0.29, 0.717) is 17.8 Å². The standard InChI is InChI=1S/C16H29O3Si/c1-11(17)19-15-9-12-7-13(15)8-14(12)10-18-20(5,6)16(2,3)4/h9,12-15H,7-8,10H2,1-6H3/t12-,13-,14-,15-/m0/s1. The minimum Gasteiger partial charge on any atom is -0.462 e. The number of hydrogen-bond acceptors (Lipinski definition) is 3. The van der Waals surface area contributed by atoms with Crippen LogP contribution in [0.5, 0.6) is 0 Å². The van der Waals surface area contributed by atoms with E-state index in [1.165, 1.54) is 13.3 Å². The molecule has 0 spiro atoms. The Hall–Kier alpha value is -0.353. The van der Waals surface area contributed by atoms with Crippen molar-refractivity contribution >= 4 is 14.3 Å². The SMILES string of the molecule is CC(=O)O[C@H]1[CH][C@@H]2C[C@H]1C[C@H]2CO[Si](C)(C)C(C)(C)C. The Morgan fingerprint density at radius 1 is 1.30 bits per heavy atom. The molecule has 0 unspecified atom stereocenters. The molecule has 0 aromatic carbocycles. The Morgan fingerprint density at radius 3 is 2.40 bits per heavy atom. The fourth-order valence-electron chi connectivity index (χ4n) is 3.16. The molecule has 2 aliphatic rings. The van der Waals surface area contributed by atoms with Crippen LogP contribution in [0.15, 0.2) is 0 Å². The lowest BCUT2D eigenvalue weighted by Crippen LogP contribution is -2.42. The van der Waals surface area contributed by atoms with Gasteiger partial charge in [0.15, 0.2) is 8.32 Å². The van der Waals surface area contributed by atoms with E-state index < -0.39 is 8.32 Å². The molecular weight excluding hydrogens is 268 g/mol. The summed E-state index contributed by atoms with van der Waals surface area (Å²) in [5, 5.41) is 0.272. The van der Waals surface area contributed by atoms with Crippen LogP contribution in [0, 0.1) is 24.2 Å². The molecule has 2 bridgehead atoms. The molecule has 4 atom stereocenters. The molecule has 4 heteroatoms. The van der Waals surface area contributed by atoms with Crippen LogP contribution >= 0.6 is 0 Å². The maximum absolute atomic E-state index is 11.1. The third-order valence-corrected chi connectivity index (χ3v) is 9.95. The highest BCUT2D eigenvalue weighted by Gasteiger charge is 2.48. The van der Waals surface area contributed by atoms with E-state index in [1.54, 1.807) is 0 Å². The molecule has 2 rings (SSSR count). The molecular formula is C16H29O3Si.